The predicted octanol–water partition coefficient (Wildman–Crippen LogP) is 8.37. The lowest BCUT2D eigenvalue weighted by atomic mass is 10.0. The molecule has 0 aromatic heterocycles. The van der Waals surface area contributed by atoms with Crippen LogP contribution in [0.1, 0.15) is 121 Å². The lowest BCUT2D eigenvalue weighted by Crippen LogP contribution is -2.24. The van der Waals surface area contributed by atoms with Crippen molar-refractivity contribution in [3.05, 3.63) is 34.3 Å². The molecular weight excluding hydrogens is 446 g/mol. The molecule has 1 aromatic rings. The van der Waals surface area contributed by atoms with Crippen molar-refractivity contribution in [3.8, 4) is 6.07 Å². The molecule has 0 fully saturated rings. The minimum absolute atomic E-state index is 0.0904. The van der Waals surface area contributed by atoms with Crippen molar-refractivity contribution in [1.82, 2.24) is 0 Å². The Morgan fingerprint density at radius 2 is 1.38 bits per heavy atom. The molecule has 0 saturated carbocycles. The fourth-order valence-electron chi connectivity index (χ4n) is 4.06. The number of ether oxygens (including phenoxy) is 2. The zero-order valence-corrected chi connectivity index (χ0v) is 22.3. The van der Waals surface area contributed by atoms with E-state index in [1.807, 2.05) is 0 Å². The van der Waals surface area contributed by atoms with E-state index in [0.717, 1.165) is 12.0 Å². The number of nitriles is 1. The summed E-state index contributed by atoms with van der Waals surface area (Å²) in [7, 11) is 0. The molecule has 0 aliphatic heterocycles. The average Bonchev–Trinajstić information content (AvgIpc) is 2.85. The van der Waals surface area contributed by atoms with Gasteiger partial charge in [0, 0.05) is 11.6 Å². The van der Waals surface area contributed by atoms with E-state index in [2.05, 4.69) is 13.0 Å². The van der Waals surface area contributed by atoms with E-state index >= 15 is 0 Å². The van der Waals surface area contributed by atoms with Crippen LogP contribution in [0.3, 0.4) is 0 Å². The van der Waals surface area contributed by atoms with Crippen LogP contribution in [-0.4, -0.2) is 31.0 Å². The fraction of sp³-hybridized carbons (Fsp3) is 0.759. The zero-order chi connectivity index (χ0) is 24.7. The first-order valence-electron chi connectivity index (χ1n) is 13.7. The third-order valence-corrected chi connectivity index (χ3v) is 6.66. The Hall–Kier alpha value is -1.12. The van der Waals surface area contributed by atoms with Gasteiger partial charge in [0.15, 0.2) is 0 Å². The predicted molar refractivity (Wildman–Crippen MR) is 142 cm³/mol. The van der Waals surface area contributed by atoms with Gasteiger partial charge in [-0.2, -0.15) is 5.26 Å². The van der Waals surface area contributed by atoms with Gasteiger partial charge in [-0.1, -0.05) is 121 Å². The summed E-state index contributed by atoms with van der Waals surface area (Å²) >= 11 is 6.17. The molecule has 5 heteroatoms. The molecule has 1 N–H and O–H groups in total. The molecule has 1 rings (SSSR count). The Morgan fingerprint density at radius 3 is 1.85 bits per heavy atom. The number of halogens is 1. The van der Waals surface area contributed by atoms with Crippen molar-refractivity contribution in [2.24, 2.45) is 0 Å². The number of hydrogen-bond acceptors (Lipinski definition) is 4. The Balaban J connectivity index is 1.88. The van der Waals surface area contributed by atoms with Crippen LogP contribution in [0.5, 0.6) is 0 Å². The molecule has 0 heterocycles. The first-order valence-corrected chi connectivity index (χ1v) is 14.1. The highest BCUT2D eigenvalue weighted by Gasteiger charge is 2.10. The van der Waals surface area contributed by atoms with Gasteiger partial charge < -0.3 is 14.6 Å². The molecule has 0 aliphatic rings. The van der Waals surface area contributed by atoms with Crippen molar-refractivity contribution in [2.45, 2.75) is 122 Å². The summed E-state index contributed by atoms with van der Waals surface area (Å²) in [5, 5.41) is 18.9. The van der Waals surface area contributed by atoms with Crippen molar-refractivity contribution in [1.29, 1.82) is 5.26 Å². The number of aliphatic hydroxyl groups excluding tert-OH is 1. The second kappa shape index (κ2) is 22.4. The molecule has 1 aromatic carbocycles. The molecule has 0 amide bonds. The van der Waals surface area contributed by atoms with Gasteiger partial charge in [0.25, 0.3) is 0 Å². The van der Waals surface area contributed by atoms with Crippen LogP contribution in [0.15, 0.2) is 18.2 Å². The highest BCUT2D eigenvalue weighted by Crippen LogP contribution is 2.19. The summed E-state index contributed by atoms with van der Waals surface area (Å²) in [4.78, 5) is 0. The molecule has 34 heavy (non-hydrogen) atoms. The van der Waals surface area contributed by atoms with Crippen LogP contribution in [0.25, 0.3) is 0 Å². The fourth-order valence-corrected chi connectivity index (χ4v) is 4.30. The molecule has 0 unspecified atom stereocenters. The highest BCUT2D eigenvalue weighted by molar-refractivity contribution is 6.31. The maximum atomic E-state index is 9.52. The highest BCUT2D eigenvalue weighted by atomic mass is 35.5. The lowest BCUT2D eigenvalue weighted by molar-refractivity contribution is -0.0502. The Labute approximate surface area is 214 Å². The summed E-state index contributed by atoms with van der Waals surface area (Å²) < 4.78 is 11.4. The number of nitrogens with zero attached hydrogens (tertiary/aromatic N) is 1. The molecule has 4 nitrogen and oxygen atoms in total. The second-order valence-corrected chi connectivity index (χ2v) is 9.82. The van der Waals surface area contributed by atoms with Gasteiger partial charge >= 0.3 is 0 Å². The Kier molecular flexibility index (Phi) is 20.3. The molecule has 1 atom stereocenters. The Bertz CT molecular complexity index is 647. The summed E-state index contributed by atoms with van der Waals surface area (Å²) in [5.74, 6) is 0. The first kappa shape index (κ1) is 30.9. The normalized spacial score (nSPS) is 12.1. The van der Waals surface area contributed by atoms with Crippen LogP contribution in [-0.2, 0) is 16.1 Å². The monoisotopic (exact) mass is 493 g/mol. The third kappa shape index (κ3) is 16.5. The minimum Gasteiger partial charge on any atom is -0.394 e. The van der Waals surface area contributed by atoms with Gasteiger partial charge in [-0.3, -0.25) is 0 Å². The maximum Gasteiger partial charge on any atom is 0.104 e. The first-order chi connectivity index (χ1) is 16.7. The van der Waals surface area contributed by atoms with Crippen LogP contribution in [0.2, 0.25) is 5.02 Å². The van der Waals surface area contributed by atoms with Crippen LogP contribution in [0.4, 0.5) is 0 Å². The summed E-state index contributed by atoms with van der Waals surface area (Å²) in [5.41, 5.74) is 1.33. The van der Waals surface area contributed by atoms with E-state index in [1.165, 1.54) is 96.3 Å². The van der Waals surface area contributed by atoms with E-state index in [0.29, 0.717) is 23.8 Å². The van der Waals surface area contributed by atoms with Gasteiger partial charge in [0.05, 0.1) is 31.5 Å². The summed E-state index contributed by atoms with van der Waals surface area (Å²) in [6, 6.07) is 7.19. The average molecular weight is 494 g/mol. The lowest BCUT2D eigenvalue weighted by Gasteiger charge is -2.16. The second-order valence-electron chi connectivity index (χ2n) is 9.41. The number of rotatable bonds is 23. The van der Waals surface area contributed by atoms with Gasteiger partial charge in [-0.15, -0.1) is 0 Å². The summed E-state index contributed by atoms with van der Waals surface area (Å²) in [6.07, 6.45) is 21.4. The molecule has 0 aliphatic carbocycles. The molecule has 0 spiro atoms. The van der Waals surface area contributed by atoms with E-state index in [-0.39, 0.29) is 19.3 Å². The van der Waals surface area contributed by atoms with E-state index < -0.39 is 0 Å². The van der Waals surface area contributed by atoms with Crippen molar-refractivity contribution >= 4 is 11.6 Å². The maximum absolute atomic E-state index is 9.52. The number of benzene rings is 1. The Morgan fingerprint density at radius 1 is 0.853 bits per heavy atom. The van der Waals surface area contributed by atoms with Crippen LogP contribution < -0.4 is 0 Å². The molecule has 0 radical (unpaired) electrons. The van der Waals surface area contributed by atoms with Gasteiger partial charge in [-0.05, 0) is 24.1 Å². The number of hydrogen-bond donors (Lipinski definition) is 1. The van der Waals surface area contributed by atoms with E-state index in [4.69, 9.17) is 26.3 Å². The zero-order valence-electron chi connectivity index (χ0n) is 21.5. The topological polar surface area (TPSA) is 62.5 Å². The van der Waals surface area contributed by atoms with Gasteiger partial charge in [0.1, 0.15) is 6.10 Å². The van der Waals surface area contributed by atoms with Crippen molar-refractivity contribution in [2.75, 3.05) is 19.8 Å². The van der Waals surface area contributed by atoms with Gasteiger partial charge in [-0.25, -0.2) is 0 Å². The van der Waals surface area contributed by atoms with Gasteiger partial charge in [0.2, 0.25) is 0 Å². The third-order valence-electron chi connectivity index (χ3n) is 6.31. The van der Waals surface area contributed by atoms with E-state index in [9.17, 15) is 5.11 Å². The molecule has 0 saturated heterocycles. The quantitative estimate of drug-likeness (QED) is 0.155. The van der Waals surface area contributed by atoms with Crippen LogP contribution >= 0.6 is 11.6 Å². The largest absolute Gasteiger partial charge is 0.394 e. The minimum atomic E-state index is -0.368. The molecule has 0 bridgehead atoms. The number of unbranched alkanes of at least 4 members (excludes halogenated alkanes) is 15. The van der Waals surface area contributed by atoms with E-state index in [1.54, 1.807) is 18.2 Å². The summed E-state index contributed by atoms with van der Waals surface area (Å²) in [6.45, 7) is 3.56. The van der Waals surface area contributed by atoms with Crippen molar-refractivity contribution < 1.29 is 14.6 Å². The molecular formula is C29H48ClNO3. The standard InChI is InChI=1S/C29H48ClNO3/c1-2-3-4-5-6-7-8-9-10-11-12-13-14-15-16-17-20-33-25-28(23-32)34-24-27-19-18-26(22-31)21-29(27)30/h18-19,21,28,32H,2-17,20,23-25H2,1H3/t28-/m0/s1. The number of aliphatic hydroxyl groups is 1. The molecule has 194 valence electrons. The SMILES string of the molecule is CCCCCCCCCCCCCCCCCCOC[C@H](CO)OCc1ccc(C#N)cc1Cl. The van der Waals surface area contributed by atoms with Crippen LogP contribution in [0, 0.1) is 11.3 Å². The smallest absolute Gasteiger partial charge is 0.104 e. The van der Waals surface area contributed by atoms with Crippen molar-refractivity contribution in [3.63, 3.8) is 0 Å².